The van der Waals surface area contributed by atoms with Gasteiger partial charge in [-0.15, -0.1) is 0 Å². The number of primary amides is 1. The molecule has 1 aromatic carbocycles. The zero-order valence-corrected chi connectivity index (χ0v) is 17.1. The van der Waals surface area contributed by atoms with Gasteiger partial charge < -0.3 is 15.7 Å². The van der Waals surface area contributed by atoms with Crippen molar-refractivity contribution in [1.82, 2.24) is 4.90 Å². The Kier molecular flexibility index (Phi) is 6.52. The van der Waals surface area contributed by atoms with Crippen molar-refractivity contribution >= 4 is 11.8 Å². The number of Topliss-reactive ketones (excluding diaryl/α,β-unsaturated/α-hetero) is 1. The Morgan fingerprint density at radius 3 is 2.06 bits per heavy atom. The molecule has 32 heavy (non-hydrogen) atoms. The fraction of sp³-hybridized carbons (Fsp3) is 0.619. The molecule has 3 atom stereocenters. The van der Waals surface area contributed by atoms with E-state index in [2.05, 4.69) is 0 Å². The molecule has 0 aliphatic heterocycles. The number of hydrogen-bond donors (Lipinski definition) is 2. The fourth-order valence-electron chi connectivity index (χ4n) is 5.11. The molecule has 3 rings (SSSR count). The summed E-state index contributed by atoms with van der Waals surface area (Å²) < 4.78 is 79.5. The summed E-state index contributed by atoms with van der Waals surface area (Å²) in [6.07, 6.45) is -8.50. The maximum Gasteiger partial charge on any atom is 0.416 e. The average Bonchev–Trinajstić information content (AvgIpc) is 3.07. The van der Waals surface area contributed by atoms with Gasteiger partial charge in [0.2, 0.25) is 0 Å². The van der Waals surface area contributed by atoms with E-state index in [0.29, 0.717) is 31.4 Å². The molecule has 178 valence electrons. The minimum atomic E-state index is -5.03. The lowest BCUT2D eigenvalue weighted by Crippen LogP contribution is -2.59. The third-order valence-electron chi connectivity index (χ3n) is 6.55. The van der Waals surface area contributed by atoms with Crippen LogP contribution in [0, 0.1) is 5.92 Å². The molecular weight excluding hydrogens is 442 g/mol. The number of alkyl halides is 6. The number of rotatable bonds is 4. The molecule has 2 saturated carbocycles. The molecule has 5 nitrogen and oxygen atoms in total. The molecule has 2 amide bonds. The maximum atomic E-state index is 13.3. The van der Waals surface area contributed by atoms with Crippen molar-refractivity contribution in [3.8, 4) is 0 Å². The van der Waals surface area contributed by atoms with E-state index in [0.717, 1.165) is 11.3 Å². The van der Waals surface area contributed by atoms with Crippen LogP contribution in [0.3, 0.4) is 0 Å². The maximum absolute atomic E-state index is 13.3. The Hall–Kier alpha value is -2.30. The van der Waals surface area contributed by atoms with E-state index in [1.807, 2.05) is 0 Å². The van der Waals surface area contributed by atoms with Crippen LogP contribution >= 0.6 is 0 Å². The summed E-state index contributed by atoms with van der Waals surface area (Å²) in [5.41, 5.74) is 0.884. The Morgan fingerprint density at radius 1 is 1.06 bits per heavy atom. The van der Waals surface area contributed by atoms with Crippen LogP contribution in [0.25, 0.3) is 0 Å². The predicted molar refractivity (Wildman–Crippen MR) is 101 cm³/mol. The van der Waals surface area contributed by atoms with Gasteiger partial charge in [-0.1, -0.05) is 12.8 Å². The second-order valence-corrected chi connectivity index (χ2v) is 8.62. The normalized spacial score (nSPS) is 26.9. The third kappa shape index (κ3) is 4.87. The van der Waals surface area contributed by atoms with E-state index in [1.165, 1.54) is 0 Å². The number of nitrogens with zero attached hydrogens (tertiary/aromatic N) is 1. The van der Waals surface area contributed by atoms with Gasteiger partial charge in [-0.05, 0) is 43.0 Å². The highest BCUT2D eigenvalue weighted by atomic mass is 19.4. The lowest BCUT2D eigenvalue weighted by molar-refractivity contribution is -0.143. The van der Waals surface area contributed by atoms with Crippen molar-refractivity contribution in [2.24, 2.45) is 11.7 Å². The molecule has 0 aromatic heterocycles. The number of halogens is 6. The number of aliphatic hydroxyl groups is 1. The van der Waals surface area contributed by atoms with Gasteiger partial charge in [0, 0.05) is 25.3 Å². The molecule has 3 N–H and O–H groups in total. The van der Waals surface area contributed by atoms with Gasteiger partial charge in [-0.25, -0.2) is 4.79 Å². The highest BCUT2D eigenvalue weighted by Crippen LogP contribution is 2.47. The van der Waals surface area contributed by atoms with Crippen LogP contribution in [0.15, 0.2) is 18.2 Å². The van der Waals surface area contributed by atoms with E-state index in [-0.39, 0.29) is 31.1 Å². The lowest BCUT2D eigenvalue weighted by Gasteiger charge is -2.48. The number of carbonyl (C=O) groups is 2. The summed E-state index contributed by atoms with van der Waals surface area (Å²) >= 11 is 0. The summed E-state index contributed by atoms with van der Waals surface area (Å²) in [6.45, 7) is -0.640. The van der Waals surface area contributed by atoms with Gasteiger partial charge in [-0.2, -0.15) is 26.3 Å². The SMILES string of the molecule is NC(=O)N(Cc1cc(C(F)(F)F)cc(C(F)(F)F)c1)C1(C2CCCCC2O)CCC(=O)C1. The van der Waals surface area contributed by atoms with Crippen LogP contribution in [-0.4, -0.2) is 33.5 Å². The molecule has 0 bridgehead atoms. The number of amides is 2. The van der Waals surface area contributed by atoms with Gasteiger partial charge in [0.15, 0.2) is 0 Å². The molecule has 2 aliphatic carbocycles. The van der Waals surface area contributed by atoms with Crippen LogP contribution < -0.4 is 5.73 Å². The molecular formula is C21H24F6N2O3. The van der Waals surface area contributed by atoms with Gasteiger partial charge in [-0.3, -0.25) is 4.79 Å². The molecule has 1 aromatic rings. The fourth-order valence-corrected chi connectivity index (χ4v) is 5.11. The van der Waals surface area contributed by atoms with Gasteiger partial charge in [0.1, 0.15) is 5.78 Å². The number of benzene rings is 1. The first-order valence-electron chi connectivity index (χ1n) is 10.3. The summed E-state index contributed by atoms with van der Waals surface area (Å²) in [5, 5.41) is 10.6. The van der Waals surface area contributed by atoms with E-state index in [4.69, 9.17) is 5.73 Å². The Labute approximate surface area is 180 Å². The summed E-state index contributed by atoms with van der Waals surface area (Å²) in [6, 6.07) is 0.0426. The Balaban J connectivity index is 2.07. The van der Waals surface area contributed by atoms with E-state index in [1.54, 1.807) is 0 Å². The van der Waals surface area contributed by atoms with Crippen molar-refractivity contribution in [2.75, 3.05) is 0 Å². The Bertz CT molecular complexity index is 853. The number of hydrogen-bond acceptors (Lipinski definition) is 3. The van der Waals surface area contributed by atoms with Crippen molar-refractivity contribution in [2.45, 2.75) is 75.5 Å². The molecule has 0 heterocycles. The summed E-state index contributed by atoms with van der Waals surface area (Å²) in [5.74, 6) is -0.753. The second-order valence-electron chi connectivity index (χ2n) is 8.62. The third-order valence-corrected chi connectivity index (χ3v) is 6.55. The highest BCUT2D eigenvalue weighted by Gasteiger charge is 2.53. The first-order valence-corrected chi connectivity index (χ1v) is 10.3. The molecule has 3 unspecified atom stereocenters. The average molecular weight is 466 g/mol. The topological polar surface area (TPSA) is 83.6 Å². The largest absolute Gasteiger partial charge is 0.416 e. The van der Waals surface area contributed by atoms with Crippen molar-refractivity contribution in [3.05, 3.63) is 34.9 Å². The number of nitrogens with two attached hydrogens (primary N) is 1. The monoisotopic (exact) mass is 466 g/mol. The molecule has 0 saturated heterocycles. The number of aliphatic hydroxyl groups excluding tert-OH is 1. The van der Waals surface area contributed by atoms with Crippen molar-refractivity contribution in [1.29, 1.82) is 0 Å². The minimum absolute atomic E-state index is 0.0118. The number of carbonyl (C=O) groups excluding carboxylic acids is 2. The van der Waals surface area contributed by atoms with Crippen LogP contribution in [0.1, 0.15) is 61.6 Å². The van der Waals surface area contributed by atoms with Crippen LogP contribution in [0.5, 0.6) is 0 Å². The Morgan fingerprint density at radius 2 is 1.62 bits per heavy atom. The van der Waals surface area contributed by atoms with Crippen molar-refractivity contribution < 1.29 is 41.0 Å². The van der Waals surface area contributed by atoms with Crippen LogP contribution in [0.4, 0.5) is 31.1 Å². The zero-order valence-electron chi connectivity index (χ0n) is 17.1. The first-order chi connectivity index (χ1) is 14.7. The summed E-state index contributed by atoms with van der Waals surface area (Å²) in [7, 11) is 0. The smallest absolute Gasteiger partial charge is 0.393 e. The van der Waals surface area contributed by atoms with E-state index >= 15 is 0 Å². The standard InChI is InChI=1S/C21H24F6N2O3/c22-20(23,24)13-7-12(8-14(9-13)21(25,26)27)11-29(18(28)32)19(6-5-15(30)10-19)16-3-1-2-4-17(16)31/h7-9,16-17,31H,1-6,10-11H2,(H2,28,32). The zero-order chi connectivity index (χ0) is 23.9. The highest BCUT2D eigenvalue weighted by molar-refractivity contribution is 5.84. The lowest BCUT2D eigenvalue weighted by atomic mass is 9.70. The number of ketones is 1. The molecule has 11 heteroatoms. The predicted octanol–water partition coefficient (Wildman–Crippen LogP) is 4.65. The van der Waals surface area contributed by atoms with Crippen LogP contribution in [-0.2, 0) is 23.7 Å². The number of urea groups is 1. The molecule has 2 aliphatic rings. The quantitative estimate of drug-likeness (QED) is 0.634. The summed E-state index contributed by atoms with van der Waals surface area (Å²) in [4.78, 5) is 25.6. The van der Waals surface area contributed by atoms with Gasteiger partial charge in [0.25, 0.3) is 0 Å². The van der Waals surface area contributed by atoms with E-state index < -0.39 is 59.2 Å². The van der Waals surface area contributed by atoms with Gasteiger partial charge in [0.05, 0.1) is 22.8 Å². The molecule has 2 fully saturated rings. The van der Waals surface area contributed by atoms with Crippen molar-refractivity contribution in [3.63, 3.8) is 0 Å². The molecule has 0 spiro atoms. The molecule has 0 radical (unpaired) electrons. The second kappa shape index (κ2) is 8.57. The minimum Gasteiger partial charge on any atom is -0.393 e. The van der Waals surface area contributed by atoms with Crippen LogP contribution in [0.2, 0.25) is 0 Å². The first kappa shape index (κ1) is 24.3. The van der Waals surface area contributed by atoms with E-state index in [9.17, 15) is 41.0 Å². The van der Waals surface area contributed by atoms with Gasteiger partial charge >= 0.3 is 18.4 Å².